The van der Waals surface area contributed by atoms with Crippen LogP contribution in [0, 0.1) is 5.92 Å². The number of hydrogen-bond donors (Lipinski definition) is 2. The number of rotatable bonds is 9. The number of anilines is 1. The summed E-state index contributed by atoms with van der Waals surface area (Å²) in [5, 5.41) is 4.90. The molecule has 0 aliphatic carbocycles. The molecule has 2 N–H and O–H groups in total. The highest BCUT2D eigenvalue weighted by Crippen LogP contribution is 2.20. The summed E-state index contributed by atoms with van der Waals surface area (Å²) in [4.78, 5) is 60.8. The highest BCUT2D eigenvalue weighted by Gasteiger charge is 2.28. The van der Waals surface area contributed by atoms with Crippen LogP contribution in [0.5, 0.6) is 0 Å². The van der Waals surface area contributed by atoms with Gasteiger partial charge < -0.3 is 29.3 Å². The zero-order valence-corrected chi connectivity index (χ0v) is 18.5. The average molecular weight is 460 g/mol. The molecule has 0 aliphatic rings. The lowest BCUT2D eigenvalue weighted by molar-refractivity contribution is -0.150. The Morgan fingerprint density at radius 1 is 1.00 bits per heavy atom. The highest BCUT2D eigenvalue weighted by atomic mass is 16.5. The molecule has 0 unspecified atom stereocenters. The van der Waals surface area contributed by atoms with Crippen molar-refractivity contribution in [2.24, 2.45) is 5.92 Å². The molecule has 1 aromatic carbocycles. The lowest BCUT2D eigenvalue weighted by Crippen LogP contribution is -2.45. The molecule has 2 amide bonds. The minimum Gasteiger partial charge on any atom is -0.465 e. The summed E-state index contributed by atoms with van der Waals surface area (Å²) in [6.45, 7) is 2.67. The standard InChI is InChI=1S/C22H24N2O9/c1-12(2)18(24-19(26)16-6-5-9-32-16)22(29)33-11-17(25)23-15-10-13(20(27)30-3)7-8-14(15)21(28)31-4/h5-10,12,18H,11H2,1-4H3,(H,23,25)(H,24,26)/t18-/m0/s1. The SMILES string of the molecule is COC(=O)c1ccc(C(=O)OC)c(NC(=O)COC(=O)[C@@H](NC(=O)c2ccco2)C(C)C)c1. The third-order valence-corrected chi connectivity index (χ3v) is 4.42. The lowest BCUT2D eigenvalue weighted by Gasteiger charge is -2.20. The number of furan rings is 1. The van der Waals surface area contributed by atoms with Gasteiger partial charge in [0.2, 0.25) is 0 Å². The van der Waals surface area contributed by atoms with Crippen LogP contribution in [-0.2, 0) is 23.8 Å². The molecule has 176 valence electrons. The highest BCUT2D eigenvalue weighted by molar-refractivity contribution is 6.04. The molecule has 2 rings (SSSR count). The van der Waals surface area contributed by atoms with Gasteiger partial charge in [0, 0.05) is 0 Å². The maximum atomic E-state index is 12.5. The molecule has 0 radical (unpaired) electrons. The van der Waals surface area contributed by atoms with Crippen molar-refractivity contribution in [2.75, 3.05) is 26.1 Å². The molecule has 11 nitrogen and oxygen atoms in total. The van der Waals surface area contributed by atoms with Gasteiger partial charge in [0.25, 0.3) is 11.8 Å². The predicted octanol–water partition coefficient (Wildman–Crippen LogP) is 1.79. The summed E-state index contributed by atoms with van der Waals surface area (Å²) >= 11 is 0. The monoisotopic (exact) mass is 460 g/mol. The van der Waals surface area contributed by atoms with Gasteiger partial charge in [-0.2, -0.15) is 0 Å². The zero-order chi connectivity index (χ0) is 24.5. The summed E-state index contributed by atoms with van der Waals surface area (Å²) < 4.78 is 19.3. The summed E-state index contributed by atoms with van der Waals surface area (Å²) in [6, 6.07) is 5.79. The van der Waals surface area contributed by atoms with E-state index in [1.165, 1.54) is 43.7 Å². The molecule has 33 heavy (non-hydrogen) atoms. The molecule has 11 heteroatoms. The van der Waals surface area contributed by atoms with Crippen LogP contribution >= 0.6 is 0 Å². The Morgan fingerprint density at radius 3 is 2.27 bits per heavy atom. The van der Waals surface area contributed by atoms with Crippen molar-refractivity contribution in [1.82, 2.24) is 5.32 Å². The van der Waals surface area contributed by atoms with E-state index in [9.17, 15) is 24.0 Å². The van der Waals surface area contributed by atoms with Gasteiger partial charge in [-0.05, 0) is 36.2 Å². The summed E-state index contributed by atoms with van der Waals surface area (Å²) in [5.74, 6) is -3.98. The lowest BCUT2D eigenvalue weighted by atomic mass is 10.0. The third-order valence-electron chi connectivity index (χ3n) is 4.42. The van der Waals surface area contributed by atoms with Crippen LogP contribution < -0.4 is 10.6 Å². The number of methoxy groups -OCH3 is 2. The smallest absolute Gasteiger partial charge is 0.339 e. The molecule has 2 aromatic rings. The van der Waals surface area contributed by atoms with E-state index in [0.29, 0.717) is 0 Å². The van der Waals surface area contributed by atoms with Crippen molar-refractivity contribution >= 4 is 35.4 Å². The van der Waals surface area contributed by atoms with Gasteiger partial charge in [-0.3, -0.25) is 9.59 Å². The van der Waals surface area contributed by atoms with E-state index in [4.69, 9.17) is 9.15 Å². The number of amides is 2. The predicted molar refractivity (Wildman–Crippen MR) is 114 cm³/mol. The van der Waals surface area contributed by atoms with Gasteiger partial charge in [0.05, 0.1) is 37.3 Å². The van der Waals surface area contributed by atoms with Crippen LogP contribution in [0.25, 0.3) is 0 Å². The fraction of sp³-hybridized carbons (Fsp3) is 0.318. The Labute approximate surface area is 189 Å². The van der Waals surface area contributed by atoms with E-state index in [1.54, 1.807) is 13.8 Å². The van der Waals surface area contributed by atoms with E-state index in [0.717, 1.165) is 7.11 Å². The second-order valence-electron chi connectivity index (χ2n) is 7.07. The van der Waals surface area contributed by atoms with Crippen molar-refractivity contribution in [3.63, 3.8) is 0 Å². The van der Waals surface area contributed by atoms with E-state index in [2.05, 4.69) is 20.1 Å². The number of carbonyl (C=O) groups is 5. The number of benzene rings is 1. The van der Waals surface area contributed by atoms with E-state index in [1.807, 2.05) is 0 Å². The minimum atomic E-state index is -1.04. The second kappa shape index (κ2) is 11.5. The third kappa shape index (κ3) is 6.66. The van der Waals surface area contributed by atoms with E-state index >= 15 is 0 Å². The van der Waals surface area contributed by atoms with Crippen LogP contribution in [0.2, 0.25) is 0 Å². The first kappa shape index (κ1) is 25.1. The largest absolute Gasteiger partial charge is 0.465 e. The normalized spacial score (nSPS) is 11.3. The van der Waals surface area contributed by atoms with Crippen LogP contribution in [-0.4, -0.2) is 56.6 Å². The maximum absolute atomic E-state index is 12.5. The molecule has 1 aromatic heterocycles. The minimum absolute atomic E-state index is 0.0180. The van der Waals surface area contributed by atoms with Gasteiger partial charge >= 0.3 is 17.9 Å². The molecule has 0 fully saturated rings. The van der Waals surface area contributed by atoms with Crippen molar-refractivity contribution in [3.8, 4) is 0 Å². The van der Waals surface area contributed by atoms with Crippen LogP contribution in [0.4, 0.5) is 5.69 Å². The van der Waals surface area contributed by atoms with Crippen molar-refractivity contribution in [2.45, 2.75) is 19.9 Å². The van der Waals surface area contributed by atoms with E-state index in [-0.39, 0.29) is 28.5 Å². The molecule has 0 saturated heterocycles. The number of ether oxygens (including phenoxy) is 3. The molecule has 0 spiro atoms. The first-order valence-corrected chi connectivity index (χ1v) is 9.79. The van der Waals surface area contributed by atoms with Gasteiger partial charge in [0.1, 0.15) is 6.04 Å². The molecule has 1 atom stereocenters. The number of nitrogens with one attached hydrogen (secondary N) is 2. The number of carbonyl (C=O) groups excluding carboxylic acids is 5. The summed E-state index contributed by atoms with van der Waals surface area (Å²) in [5.41, 5.74) is 0.0332. The average Bonchev–Trinajstić information content (AvgIpc) is 3.34. The number of hydrogen-bond acceptors (Lipinski definition) is 9. The van der Waals surface area contributed by atoms with E-state index < -0.39 is 42.4 Å². The van der Waals surface area contributed by atoms with Crippen LogP contribution in [0.1, 0.15) is 45.1 Å². The van der Waals surface area contributed by atoms with Crippen molar-refractivity contribution < 1.29 is 42.6 Å². The molecule has 0 aliphatic heterocycles. The Hall–Kier alpha value is -4.15. The molecular formula is C22H24N2O9. The molecule has 0 saturated carbocycles. The maximum Gasteiger partial charge on any atom is 0.339 e. The van der Waals surface area contributed by atoms with Gasteiger partial charge in [-0.1, -0.05) is 13.8 Å². The fourth-order valence-electron chi connectivity index (χ4n) is 2.71. The Morgan fingerprint density at radius 2 is 1.70 bits per heavy atom. The van der Waals surface area contributed by atoms with Gasteiger partial charge in [-0.25, -0.2) is 14.4 Å². The molecular weight excluding hydrogens is 436 g/mol. The van der Waals surface area contributed by atoms with Crippen LogP contribution in [0.3, 0.4) is 0 Å². The molecule has 1 heterocycles. The molecule has 0 bridgehead atoms. The number of esters is 3. The zero-order valence-electron chi connectivity index (χ0n) is 18.5. The second-order valence-corrected chi connectivity index (χ2v) is 7.07. The van der Waals surface area contributed by atoms with Crippen molar-refractivity contribution in [1.29, 1.82) is 0 Å². The van der Waals surface area contributed by atoms with Gasteiger partial charge in [-0.15, -0.1) is 0 Å². The Balaban J connectivity index is 2.07. The topological polar surface area (TPSA) is 150 Å². The van der Waals surface area contributed by atoms with Crippen molar-refractivity contribution in [3.05, 3.63) is 53.5 Å². The Kier molecular flexibility index (Phi) is 8.72. The van der Waals surface area contributed by atoms with Gasteiger partial charge in [0.15, 0.2) is 12.4 Å². The summed E-state index contributed by atoms with van der Waals surface area (Å²) in [7, 11) is 2.34. The Bertz CT molecular complexity index is 1030. The fourth-order valence-corrected chi connectivity index (χ4v) is 2.71. The van der Waals surface area contributed by atoms with Crippen LogP contribution in [0.15, 0.2) is 41.0 Å². The first-order chi connectivity index (χ1) is 15.7. The quantitative estimate of drug-likeness (QED) is 0.422. The summed E-state index contributed by atoms with van der Waals surface area (Å²) in [6.07, 6.45) is 1.32. The first-order valence-electron chi connectivity index (χ1n) is 9.79.